The number of likely N-dealkylation sites (tertiary alicyclic amines) is 1. The van der Waals surface area contributed by atoms with Gasteiger partial charge in [0.05, 0.1) is 16.0 Å². The molecule has 0 aromatic carbocycles. The van der Waals surface area contributed by atoms with Crippen LogP contribution in [0.15, 0.2) is 18.3 Å². The maximum absolute atomic E-state index is 12.2. The van der Waals surface area contributed by atoms with Gasteiger partial charge in [-0.25, -0.2) is 12.7 Å². The van der Waals surface area contributed by atoms with Crippen LogP contribution in [0.2, 0.25) is 5.02 Å². The summed E-state index contributed by atoms with van der Waals surface area (Å²) in [5.74, 6) is 0. The van der Waals surface area contributed by atoms with Crippen molar-refractivity contribution in [1.29, 1.82) is 0 Å². The Kier molecular flexibility index (Phi) is 5.01. The Morgan fingerprint density at radius 1 is 1.50 bits per heavy atom. The largest absolute Gasteiger partial charge is 0.296 e. The molecular formula is C13H20ClN3O2S. The number of rotatable bonds is 4. The molecule has 1 fully saturated rings. The van der Waals surface area contributed by atoms with Gasteiger partial charge in [0.25, 0.3) is 0 Å². The smallest absolute Gasteiger partial charge is 0.217 e. The first kappa shape index (κ1) is 15.7. The SMILES string of the molecule is CN(C)S(=O)(=O)C1CCCN(Cc2ncccc2Cl)C1. The third-order valence-electron chi connectivity index (χ3n) is 3.60. The predicted octanol–water partition coefficient (Wildman–Crippen LogP) is 1.59. The molecule has 0 N–H and O–H groups in total. The van der Waals surface area contributed by atoms with Gasteiger partial charge >= 0.3 is 0 Å². The third kappa shape index (κ3) is 3.49. The van der Waals surface area contributed by atoms with Crippen LogP contribution in [0.1, 0.15) is 18.5 Å². The van der Waals surface area contributed by atoms with Crippen LogP contribution >= 0.6 is 11.6 Å². The summed E-state index contributed by atoms with van der Waals surface area (Å²) in [7, 11) is -0.0226. The van der Waals surface area contributed by atoms with Crippen molar-refractivity contribution in [2.24, 2.45) is 0 Å². The van der Waals surface area contributed by atoms with Crippen molar-refractivity contribution >= 4 is 21.6 Å². The monoisotopic (exact) mass is 317 g/mol. The van der Waals surface area contributed by atoms with Crippen molar-refractivity contribution < 1.29 is 8.42 Å². The van der Waals surface area contributed by atoms with Crippen molar-refractivity contribution in [3.63, 3.8) is 0 Å². The summed E-state index contributed by atoms with van der Waals surface area (Å²) in [5, 5.41) is 0.291. The summed E-state index contributed by atoms with van der Waals surface area (Å²) in [4.78, 5) is 6.38. The molecule has 2 heterocycles. The summed E-state index contributed by atoms with van der Waals surface area (Å²) in [6.45, 7) is 2.01. The van der Waals surface area contributed by atoms with E-state index in [-0.39, 0.29) is 5.25 Å². The van der Waals surface area contributed by atoms with E-state index in [2.05, 4.69) is 9.88 Å². The van der Waals surface area contributed by atoms with E-state index in [0.717, 1.165) is 18.7 Å². The van der Waals surface area contributed by atoms with Gasteiger partial charge in [-0.1, -0.05) is 11.6 Å². The highest BCUT2D eigenvalue weighted by atomic mass is 35.5. The summed E-state index contributed by atoms with van der Waals surface area (Å²) >= 11 is 6.10. The fraction of sp³-hybridized carbons (Fsp3) is 0.615. The van der Waals surface area contributed by atoms with Crippen LogP contribution in [0.25, 0.3) is 0 Å². The second-order valence-corrected chi connectivity index (χ2v) is 8.09. The first-order chi connectivity index (χ1) is 9.41. The van der Waals surface area contributed by atoms with E-state index in [0.29, 0.717) is 24.5 Å². The number of nitrogens with zero attached hydrogens (tertiary/aromatic N) is 3. The molecule has 0 aliphatic carbocycles. The van der Waals surface area contributed by atoms with Crippen LogP contribution in [0.4, 0.5) is 0 Å². The molecule has 0 spiro atoms. The fourth-order valence-corrected chi connectivity index (χ4v) is 4.09. The number of piperidine rings is 1. The van der Waals surface area contributed by atoms with Crippen molar-refractivity contribution in [2.45, 2.75) is 24.6 Å². The first-order valence-corrected chi connectivity index (χ1v) is 8.52. The number of hydrogen-bond acceptors (Lipinski definition) is 4. The summed E-state index contributed by atoms with van der Waals surface area (Å²) in [6.07, 6.45) is 3.30. The van der Waals surface area contributed by atoms with Crippen molar-refractivity contribution in [3.8, 4) is 0 Å². The molecule has 0 radical (unpaired) electrons. The van der Waals surface area contributed by atoms with E-state index < -0.39 is 10.0 Å². The molecule has 1 aromatic rings. The zero-order valence-electron chi connectivity index (χ0n) is 11.8. The van der Waals surface area contributed by atoms with Crippen molar-refractivity contribution in [1.82, 2.24) is 14.2 Å². The quantitative estimate of drug-likeness (QED) is 0.846. The molecule has 0 saturated carbocycles. The molecule has 112 valence electrons. The molecule has 1 aromatic heterocycles. The van der Waals surface area contributed by atoms with Crippen LogP contribution in [0.5, 0.6) is 0 Å². The molecule has 1 aliphatic heterocycles. The standard InChI is InChI=1S/C13H20ClN3O2S/c1-16(2)20(18,19)11-5-4-8-17(9-11)10-13-12(14)6-3-7-15-13/h3,6-7,11H,4-5,8-10H2,1-2H3. The molecule has 20 heavy (non-hydrogen) atoms. The Bertz CT molecular complexity index is 562. The number of halogens is 1. The highest BCUT2D eigenvalue weighted by molar-refractivity contribution is 7.89. The van der Waals surface area contributed by atoms with Crippen LogP contribution in [-0.4, -0.2) is 55.0 Å². The lowest BCUT2D eigenvalue weighted by Crippen LogP contribution is -2.45. The molecule has 0 amide bonds. The maximum atomic E-state index is 12.2. The Labute approximate surface area is 125 Å². The van der Waals surface area contributed by atoms with Gasteiger partial charge in [-0.3, -0.25) is 9.88 Å². The molecule has 7 heteroatoms. The first-order valence-electron chi connectivity index (χ1n) is 6.64. The predicted molar refractivity (Wildman–Crippen MR) is 80.2 cm³/mol. The lowest BCUT2D eigenvalue weighted by molar-refractivity contribution is 0.218. The highest BCUT2D eigenvalue weighted by Gasteiger charge is 2.32. The number of sulfonamides is 1. The maximum Gasteiger partial charge on any atom is 0.217 e. The minimum Gasteiger partial charge on any atom is -0.296 e. The van der Waals surface area contributed by atoms with Gasteiger partial charge in [0.2, 0.25) is 10.0 Å². The number of hydrogen-bond donors (Lipinski definition) is 0. The minimum absolute atomic E-state index is 0.339. The fourth-order valence-electron chi connectivity index (χ4n) is 2.44. The second kappa shape index (κ2) is 6.39. The topological polar surface area (TPSA) is 53.5 Å². The Balaban J connectivity index is 2.07. The van der Waals surface area contributed by atoms with E-state index in [1.807, 2.05) is 6.07 Å². The zero-order valence-corrected chi connectivity index (χ0v) is 13.4. The van der Waals surface area contributed by atoms with Crippen LogP contribution < -0.4 is 0 Å². The van der Waals surface area contributed by atoms with Gasteiger partial charge in [-0.2, -0.15) is 0 Å². The summed E-state index contributed by atoms with van der Waals surface area (Å²) < 4.78 is 25.7. The number of aromatic nitrogens is 1. The van der Waals surface area contributed by atoms with Gasteiger partial charge in [0.15, 0.2) is 0 Å². The Morgan fingerprint density at radius 2 is 2.25 bits per heavy atom. The van der Waals surface area contributed by atoms with Crippen LogP contribution in [0.3, 0.4) is 0 Å². The Hall–Kier alpha value is -0.690. The second-order valence-electron chi connectivity index (χ2n) is 5.26. The van der Waals surface area contributed by atoms with Gasteiger partial charge in [0, 0.05) is 33.4 Å². The molecule has 2 rings (SSSR count). The Morgan fingerprint density at radius 3 is 2.90 bits per heavy atom. The molecule has 1 unspecified atom stereocenters. The lowest BCUT2D eigenvalue weighted by Gasteiger charge is -2.33. The van der Waals surface area contributed by atoms with Crippen molar-refractivity contribution in [2.75, 3.05) is 27.2 Å². The third-order valence-corrected chi connectivity index (χ3v) is 6.19. The van der Waals surface area contributed by atoms with Crippen molar-refractivity contribution in [3.05, 3.63) is 29.0 Å². The molecule has 0 bridgehead atoms. The van der Waals surface area contributed by atoms with Gasteiger partial charge < -0.3 is 0 Å². The van der Waals surface area contributed by atoms with E-state index in [1.54, 1.807) is 26.4 Å². The summed E-state index contributed by atoms with van der Waals surface area (Å²) in [6, 6.07) is 3.60. The van der Waals surface area contributed by atoms with Gasteiger partial charge in [-0.05, 0) is 31.5 Å². The van der Waals surface area contributed by atoms with E-state index in [9.17, 15) is 8.42 Å². The number of pyridine rings is 1. The normalized spacial score (nSPS) is 21.3. The molecular weight excluding hydrogens is 298 g/mol. The minimum atomic E-state index is -3.20. The molecule has 1 saturated heterocycles. The van der Waals surface area contributed by atoms with E-state index in [1.165, 1.54) is 4.31 Å². The molecule has 1 atom stereocenters. The van der Waals surface area contributed by atoms with Crippen LogP contribution in [-0.2, 0) is 16.6 Å². The van der Waals surface area contributed by atoms with E-state index >= 15 is 0 Å². The molecule has 5 nitrogen and oxygen atoms in total. The average molecular weight is 318 g/mol. The zero-order chi connectivity index (χ0) is 14.8. The molecule has 1 aliphatic rings. The average Bonchev–Trinajstić information content (AvgIpc) is 2.41. The lowest BCUT2D eigenvalue weighted by atomic mass is 10.1. The van der Waals surface area contributed by atoms with Gasteiger partial charge in [0.1, 0.15) is 0 Å². The van der Waals surface area contributed by atoms with E-state index in [4.69, 9.17) is 11.6 Å². The summed E-state index contributed by atoms with van der Waals surface area (Å²) in [5.41, 5.74) is 0.803. The van der Waals surface area contributed by atoms with Crippen LogP contribution in [0, 0.1) is 0 Å². The van der Waals surface area contributed by atoms with Gasteiger partial charge in [-0.15, -0.1) is 0 Å². The highest BCUT2D eigenvalue weighted by Crippen LogP contribution is 2.22.